The third kappa shape index (κ3) is 3.37. The van der Waals surface area contributed by atoms with Crippen LogP contribution in [0.3, 0.4) is 0 Å². The summed E-state index contributed by atoms with van der Waals surface area (Å²) in [5, 5.41) is 3.11. The standard InChI is InChI=1S/C19H33N3O3/c1-11-9-12-13(16(23)21-10-19(5)7-6-8-19)14(20)15(11)22(12)17(24)25-18(2,3)4/h11-15H,6-10,20H2,1-5H3,(H,21,23)/t11-,12+,13-,14-,15-/m0/s1. The lowest BCUT2D eigenvalue weighted by atomic mass is 9.70. The number of ether oxygens (including phenoxy) is 1. The molecule has 3 rings (SSSR count). The van der Waals surface area contributed by atoms with E-state index in [1.807, 2.05) is 20.8 Å². The molecule has 0 unspecified atom stereocenters. The molecule has 25 heavy (non-hydrogen) atoms. The summed E-state index contributed by atoms with van der Waals surface area (Å²) in [6.45, 7) is 10.6. The van der Waals surface area contributed by atoms with Crippen molar-refractivity contribution >= 4 is 12.0 Å². The van der Waals surface area contributed by atoms with Gasteiger partial charge in [-0.15, -0.1) is 0 Å². The van der Waals surface area contributed by atoms with Gasteiger partial charge in [0.05, 0.1) is 12.0 Å². The van der Waals surface area contributed by atoms with Gasteiger partial charge in [0.15, 0.2) is 0 Å². The molecule has 0 aromatic rings. The van der Waals surface area contributed by atoms with Gasteiger partial charge in [-0.1, -0.05) is 20.3 Å². The van der Waals surface area contributed by atoms with Crippen molar-refractivity contribution in [2.75, 3.05) is 6.54 Å². The van der Waals surface area contributed by atoms with Crippen LogP contribution >= 0.6 is 0 Å². The lowest BCUT2D eigenvalue weighted by molar-refractivity contribution is -0.127. The Kier molecular flexibility index (Phi) is 4.55. The normalized spacial score (nSPS) is 36.1. The summed E-state index contributed by atoms with van der Waals surface area (Å²) in [6.07, 6.45) is 4.04. The summed E-state index contributed by atoms with van der Waals surface area (Å²) in [5.74, 6) is -0.0494. The summed E-state index contributed by atoms with van der Waals surface area (Å²) in [6, 6.07) is -0.593. The van der Waals surface area contributed by atoms with Crippen LogP contribution in [0.25, 0.3) is 0 Å². The third-order valence-electron chi connectivity index (χ3n) is 6.26. The van der Waals surface area contributed by atoms with Gasteiger partial charge in [0.25, 0.3) is 0 Å². The Balaban J connectivity index is 1.69. The fraction of sp³-hybridized carbons (Fsp3) is 0.895. The SMILES string of the molecule is C[C@H]1C[C@@H]2[C@H](C(=O)NCC3(C)CCC3)[C@H](N)[C@H]1N2C(=O)OC(C)(C)C. The Morgan fingerprint density at radius 3 is 2.48 bits per heavy atom. The molecule has 5 atom stereocenters. The van der Waals surface area contributed by atoms with E-state index in [1.165, 1.54) is 6.42 Å². The van der Waals surface area contributed by atoms with Crippen molar-refractivity contribution in [2.45, 2.75) is 84.0 Å². The number of hydrogen-bond acceptors (Lipinski definition) is 4. The van der Waals surface area contributed by atoms with Gasteiger partial charge in [-0.05, 0) is 51.4 Å². The lowest BCUT2D eigenvalue weighted by Crippen LogP contribution is -2.52. The minimum atomic E-state index is -0.553. The number of nitrogens with two attached hydrogens (primary N) is 1. The molecule has 0 aromatic carbocycles. The van der Waals surface area contributed by atoms with E-state index in [0.29, 0.717) is 12.5 Å². The second kappa shape index (κ2) is 6.15. The van der Waals surface area contributed by atoms with Gasteiger partial charge in [-0.25, -0.2) is 4.79 Å². The number of hydrogen-bond donors (Lipinski definition) is 2. The van der Waals surface area contributed by atoms with Crippen molar-refractivity contribution in [2.24, 2.45) is 23.0 Å². The van der Waals surface area contributed by atoms with Crippen molar-refractivity contribution in [1.29, 1.82) is 0 Å². The number of rotatable bonds is 3. The summed E-state index contributed by atoms with van der Waals surface area (Å²) < 4.78 is 5.57. The van der Waals surface area contributed by atoms with Crippen molar-refractivity contribution < 1.29 is 14.3 Å². The maximum Gasteiger partial charge on any atom is 0.410 e. The van der Waals surface area contributed by atoms with Gasteiger partial charge in [-0.3, -0.25) is 9.69 Å². The Morgan fingerprint density at radius 2 is 1.96 bits per heavy atom. The smallest absolute Gasteiger partial charge is 0.410 e. The molecule has 6 nitrogen and oxygen atoms in total. The predicted molar refractivity (Wildman–Crippen MR) is 95.9 cm³/mol. The van der Waals surface area contributed by atoms with Crippen LogP contribution in [0, 0.1) is 17.3 Å². The van der Waals surface area contributed by atoms with E-state index < -0.39 is 5.60 Å². The summed E-state index contributed by atoms with van der Waals surface area (Å²) in [5.41, 5.74) is 6.10. The van der Waals surface area contributed by atoms with E-state index in [-0.39, 0.29) is 41.5 Å². The minimum Gasteiger partial charge on any atom is -0.444 e. The highest BCUT2D eigenvalue weighted by Gasteiger charge is 2.60. The molecule has 3 fully saturated rings. The highest BCUT2D eigenvalue weighted by Crippen LogP contribution is 2.45. The maximum atomic E-state index is 12.8. The quantitative estimate of drug-likeness (QED) is 0.817. The second-order valence-electron chi connectivity index (χ2n) is 9.64. The Hall–Kier alpha value is -1.30. The van der Waals surface area contributed by atoms with Crippen LogP contribution in [0.2, 0.25) is 0 Å². The van der Waals surface area contributed by atoms with Crippen molar-refractivity contribution in [3.8, 4) is 0 Å². The third-order valence-corrected chi connectivity index (χ3v) is 6.26. The van der Waals surface area contributed by atoms with E-state index >= 15 is 0 Å². The molecule has 2 aliphatic heterocycles. The molecule has 1 saturated carbocycles. The van der Waals surface area contributed by atoms with E-state index in [4.69, 9.17) is 10.5 Å². The van der Waals surface area contributed by atoms with E-state index in [9.17, 15) is 9.59 Å². The molecule has 1 aliphatic carbocycles. The zero-order valence-electron chi connectivity index (χ0n) is 16.2. The van der Waals surface area contributed by atoms with Gasteiger partial charge in [0.1, 0.15) is 5.60 Å². The van der Waals surface area contributed by atoms with E-state index in [1.54, 1.807) is 4.90 Å². The van der Waals surface area contributed by atoms with Crippen LogP contribution in [-0.4, -0.2) is 47.2 Å². The minimum absolute atomic E-state index is 0.00594. The first-order valence-corrected chi connectivity index (χ1v) is 9.57. The molecule has 0 spiro atoms. The average Bonchev–Trinajstić information content (AvgIpc) is 2.92. The van der Waals surface area contributed by atoms with E-state index in [2.05, 4.69) is 19.2 Å². The molecule has 6 heteroatoms. The average molecular weight is 351 g/mol. The Bertz CT molecular complexity index is 553. The molecule has 3 aliphatic rings. The number of carbonyl (C=O) groups excluding carboxylic acids is 2. The largest absolute Gasteiger partial charge is 0.444 e. The Labute approximate surface area is 150 Å². The summed E-state index contributed by atoms with van der Waals surface area (Å²) in [4.78, 5) is 27.2. The number of carbonyl (C=O) groups is 2. The molecule has 2 bridgehead atoms. The van der Waals surface area contributed by atoms with Crippen LogP contribution in [0.1, 0.15) is 60.3 Å². The molecule has 0 radical (unpaired) electrons. The molecular formula is C19H33N3O3. The maximum absolute atomic E-state index is 12.8. The molecule has 2 saturated heterocycles. The van der Waals surface area contributed by atoms with Gasteiger partial charge < -0.3 is 15.8 Å². The number of fused-ring (bicyclic) bond motifs is 2. The summed E-state index contributed by atoms with van der Waals surface area (Å²) in [7, 11) is 0. The van der Waals surface area contributed by atoms with Gasteiger partial charge >= 0.3 is 6.09 Å². The van der Waals surface area contributed by atoms with Crippen LogP contribution in [0.5, 0.6) is 0 Å². The highest BCUT2D eigenvalue weighted by atomic mass is 16.6. The van der Waals surface area contributed by atoms with Crippen molar-refractivity contribution in [3.05, 3.63) is 0 Å². The lowest BCUT2D eigenvalue weighted by Gasteiger charge is -2.39. The van der Waals surface area contributed by atoms with Crippen LogP contribution in [0.4, 0.5) is 4.79 Å². The van der Waals surface area contributed by atoms with Crippen molar-refractivity contribution in [1.82, 2.24) is 10.2 Å². The number of nitrogens with zero attached hydrogens (tertiary/aromatic N) is 1. The predicted octanol–water partition coefficient (Wildman–Crippen LogP) is 2.26. The van der Waals surface area contributed by atoms with Crippen LogP contribution in [-0.2, 0) is 9.53 Å². The van der Waals surface area contributed by atoms with E-state index in [0.717, 1.165) is 19.3 Å². The zero-order chi connectivity index (χ0) is 18.6. The second-order valence-corrected chi connectivity index (χ2v) is 9.64. The first-order valence-electron chi connectivity index (χ1n) is 9.57. The first kappa shape index (κ1) is 18.5. The number of amides is 2. The molecule has 0 aromatic heterocycles. The fourth-order valence-corrected chi connectivity index (χ4v) is 4.78. The summed E-state index contributed by atoms with van der Waals surface area (Å²) >= 11 is 0. The molecular weight excluding hydrogens is 318 g/mol. The van der Waals surface area contributed by atoms with Gasteiger partial charge in [0, 0.05) is 18.6 Å². The molecule has 142 valence electrons. The molecule has 2 amide bonds. The monoisotopic (exact) mass is 351 g/mol. The number of nitrogens with one attached hydrogen (secondary N) is 1. The van der Waals surface area contributed by atoms with Gasteiger partial charge in [-0.2, -0.15) is 0 Å². The highest BCUT2D eigenvalue weighted by molar-refractivity contribution is 5.83. The Morgan fingerprint density at radius 1 is 1.32 bits per heavy atom. The van der Waals surface area contributed by atoms with Crippen molar-refractivity contribution in [3.63, 3.8) is 0 Å². The van der Waals surface area contributed by atoms with Crippen LogP contribution < -0.4 is 11.1 Å². The first-order chi connectivity index (χ1) is 11.5. The topological polar surface area (TPSA) is 84.7 Å². The molecule has 2 heterocycles. The zero-order valence-corrected chi connectivity index (χ0v) is 16.2. The molecule has 3 N–H and O–H groups in total. The van der Waals surface area contributed by atoms with Gasteiger partial charge in [0.2, 0.25) is 5.91 Å². The van der Waals surface area contributed by atoms with Crippen LogP contribution in [0.15, 0.2) is 0 Å². The fourth-order valence-electron chi connectivity index (χ4n) is 4.78.